The largest absolute Gasteiger partial charge is 0.323 e. The predicted octanol–water partition coefficient (Wildman–Crippen LogP) is 1.77. The molecule has 2 heterocycles. The van der Waals surface area contributed by atoms with E-state index >= 15 is 0 Å². The summed E-state index contributed by atoms with van der Waals surface area (Å²) in [6, 6.07) is 0.619. The number of likely N-dealkylation sites (N-methyl/N-ethyl adjacent to an activating group) is 1. The van der Waals surface area contributed by atoms with Gasteiger partial charge in [-0.3, -0.25) is 0 Å². The van der Waals surface area contributed by atoms with E-state index in [9.17, 15) is 4.79 Å². The monoisotopic (exact) mass is 253 g/mol. The number of rotatable bonds is 4. The summed E-state index contributed by atoms with van der Waals surface area (Å²) in [7, 11) is 1.94. The molecule has 2 amide bonds. The Morgan fingerprint density at radius 1 is 1.33 bits per heavy atom. The average molecular weight is 253 g/mol. The van der Waals surface area contributed by atoms with Crippen molar-refractivity contribution in [2.24, 2.45) is 11.8 Å². The minimum absolute atomic E-state index is 0.225. The van der Waals surface area contributed by atoms with E-state index in [1.807, 2.05) is 16.8 Å². The SMILES string of the molecule is CC(C)C1CN(CCC2CCNCC2)C(=O)N1C. The highest BCUT2D eigenvalue weighted by atomic mass is 16.2. The number of amides is 2. The number of nitrogens with one attached hydrogen (secondary N) is 1. The van der Waals surface area contributed by atoms with Crippen molar-refractivity contribution in [3.8, 4) is 0 Å². The summed E-state index contributed by atoms with van der Waals surface area (Å²) < 4.78 is 0. The first-order valence-corrected chi connectivity index (χ1v) is 7.32. The highest BCUT2D eigenvalue weighted by Crippen LogP contribution is 2.22. The van der Waals surface area contributed by atoms with Crippen LogP contribution in [-0.2, 0) is 0 Å². The van der Waals surface area contributed by atoms with Crippen molar-refractivity contribution in [3.05, 3.63) is 0 Å². The molecule has 1 atom stereocenters. The van der Waals surface area contributed by atoms with Crippen molar-refractivity contribution in [1.82, 2.24) is 15.1 Å². The molecule has 0 saturated carbocycles. The predicted molar refractivity (Wildman–Crippen MR) is 73.6 cm³/mol. The second kappa shape index (κ2) is 5.91. The molecule has 2 fully saturated rings. The van der Waals surface area contributed by atoms with Gasteiger partial charge in [-0.25, -0.2) is 4.79 Å². The van der Waals surface area contributed by atoms with Gasteiger partial charge in [0.2, 0.25) is 0 Å². The second-order valence-electron chi connectivity index (χ2n) is 6.13. The first-order valence-electron chi connectivity index (χ1n) is 7.32. The first-order chi connectivity index (χ1) is 8.59. The fourth-order valence-electron chi connectivity index (χ4n) is 3.15. The minimum atomic E-state index is 0.225. The van der Waals surface area contributed by atoms with Crippen molar-refractivity contribution >= 4 is 6.03 Å². The van der Waals surface area contributed by atoms with Gasteiger partial charge in [0, 0.05) is 20.1 Å². The van der Waals surface area contributed by atoms with Crippen LogP contribution >= 0.6 is 0 Å². The van der Waals surface area contributed by atoms with Crippen LogP contribution in [0.1, 0.15) is 33.1 Å². The molecule has 4 heteroatoms. The molecule has 0 radical (unpaired) electrons. The van der Waals surface area contributed by atoms with Gasteiger partial charge in [0.05, 0.1) is 6.04 Å². The standard InChI is InChI=1S/C14H27N3O/c1-11(2)13-10-17(14(18)16(13)3)9-6-12-4-7-15-8-5-12/h11-13,15H,4-10H2,1-3H3. The molecule has 18 heavy (non-hydrogen) atoms. The smallest absolute Gasteiger partial charge is 0.320 e. The summed E-state index contributed by atoms with van der Waals surface area (Å²) in [6.45, 7) is 8.55. The van der Waals surface area contributed by atoms with Gasteiger partial charge in [-0.1, -0.05) is 13.8 Å². The Bertz CT molecular complexity index is 287. The number of hydrogen-bond acceptors (Lipinski definition) is 2. The normalized spacial score (nSPS) is 26.4. The van der Waals surface area contributed by atoms with Crippen molar-refractivity contribution in [2.75, 3.05) is 33.2 Å². The molecule has 0 aromatic rings. The summed E-state index contributed by atoms with van der Waals surface area (Å²) in [4.78, 5) is 16.1. The van der Waals surface area contributed by atoms with Crippen molar-refractivity contribution in [2.45, 2.75) is 39.2 Å². The van der Waals surface area contributed by atoms with E-state index in [1.165, 1.54) is 19.3 Å². The summed E-state index contributed by atoms with van der Waals surface area (Å²) >= 11 is 0. The van der Waals surface area contributed by atoms with Crippen LogP contribution in [0.15, 0.2) is 0 Å². The van der Waals surface area contributed by atoms with Gasteiger partial charge in [0.25, 0.3) is 0 Å². The summed E-state index contributed by atoms with van der Waals surface area (Å²) in [6.07, 6.45) is 3.71. The lowest BCUT2D eigenvalue weighted by atomic mass is 9.94. The number of carbonyl (C=O) groups is 1. The summed E-state index contributed by atoms with van der Waals surface area (Å²) in [5, 5.41) is 3.39. The zero-order valence-electron chi connectivity index (χ0n) is 12.0. The highest BCUT2D eigenvalue weighted by Gasteiger charge is 2.35. The van der Waals surface area contributed by atoms with E-state index < -0.39 is 0 Å². The van der Waals surface area contributed by atoms with E-state index in [0.29, 0.717) is 12.0 Å². The van der Waals surface area contributed by atoms with Crippen LogP contribution in [0.5, 0.6) is 0 Å². The number of piperidine rings is 1. The summed E-state index contributed by atoms with van der Waals surface area (Å²) in [5.41, 5.74) is 0. The van der Waals surface area contributed by atoms with Crippen LogP contribution in [0.2, 0.25) is 0 Å². The molecule has 0 aromatic heterocycles. The van der Waals surface area contributed by atoms with Crippen LogP contribution in [0.3, 0.4) is 0 Å². The molecule has 0 spiro atoms. The van der Waals surface area contributed by atoms with Gasteiger partial charge in [0.15, 0.2) is 0 Å². The Kier molecular flexibility index (Phi) is 4.49. The molecule has 0 bridgehead atoms. The number of urea groups is 1. The lowest BCUT2D eigenvalue weighted by molar-refractivity contribution is 0.188. The molecule has 1 N–H and O–H groups in total. The number of hydrogen-bond donors (Lipinski definition) is 1. The topological polar surface area (TPSA) is 35.6 Å². The quantitative estimate of drug-likeness (QED) is 0.829. The zero-order chi connectivity index (χ0) is 13.1. The number of carbonyl (C=O) groups excluding carboxylic acids is 1. The van der Waals surface area contributed by atoms with Crippen molar-refractivity contribution < 1.29 is 4.79 Å². The van der Waals surface area contributed by atoms with Gasteiger partial charge < -0.3 is 15.1 Å². The molecule has 2 saturated heterocycles. The average Bonchev–Trinajstić information content (AvgIpc) is 2.65. The molecule has 2 aliphatic rings. The van der Waals surface area contributed by atoms with Crippen LogP contribution in [-0.4, -0.2) is 55.1 Å². The highest BCUT2D eigenvalue weighted by molar-refractivity contribution is 5.76. The van der Waals surface area contributed by atoms with E-state index in [-0.39, 0.29) is 6.03 Å². The Labute approximate surface area is 111 Å². The molecular weight excluding hydrogens is 226 g/mol. The van der Waals surface area contributed by atoms with Gasteiger partial charge >= 0.3 is 6.03 Å². The maximum Gasteiger partial charge on any atom is 0.320 e. The lowest BCUT2D eigenvalue weighted by Crippen LogP contribution is -2.34. The van der Waals surface area contributed by atoms with Crippen LogP contribution in [0.4, 0.5) is 4.79 Å². The third-order valence-corrected chi connectivity index (χ3v) is 4.51. The van der Waals surface area contributed by atoms with E-state index in [1.54, 1.807) is 0 Å². The van der Waals surface area contributed by atoms with Gasteiger partial charge in [-0.15, -0.1) is 0 Å². The fraction of sp³-hybridized carbons (Fsp3) is 0.929. The maximum absolute atomic E-state index is 12.1. The third-order valence-electron chi connectivity index (χ3n) is 4.51. The molecular formula is C14H27N3O. The molecule has 0 aromatic carbocycles. The molecule has 4 nitrogen and oxygen atoms in total. The molecule has 104 valence electrons. The van der Waals surface area contributed by atoms with Crippen LogP contribution < -0.4 is 5.32 Å². The Hall–Kier alpha value is -0.770. The molecule has 0 aliphatic carbocycles. The van der Waals surface area contributed by atoms with Crippen molar-refractivity contribution in [1.29, 1.82) is 0 Å². The Morgan fingerprint density at radius 3 is 2.56 bits per heavy atom. The van der Waals surface area contributed by atoms with Gasteiger partial charge in [0.1, 0.15) is 0 Å². The zero-order valence-corrected chi connectivity index (χ0v) is 12.0. The van der Waals surface area contributed by atoms with E-state index in [0.717, 1.165) is 32.1 Å². The number of nitrogens with zero attached hydrogens (tertiary/aromatic N) is 2. The Balaban J connectivity index is 1.81. The maximum atomic E-state index is 12.1. The molecule has 1 unspecified atom stereocenters. The second-order valence-corrected chi connectivity index (χ2v) is 6.13. The first kappa shape index (κ1) is 13.7. The molecule has 2 aliphatic heterocycles. The van der Waals surface area contributed by atoms with Gasteiger partial charge in [-0.2, -0.15) is 0 Å². The fourth-order valence-corrected chi connectivity index (χ4v) is 3.15. The van der Waals surface area contributed by atoms with E-state index in [2.05, 4.69) is 19.2 Å². The minimum Gasteiger partial charge on any atom is -0.323 e. The molecule has 2 rings (SSSR count). The Morgan fingerprint density at radius 2 is 2.00 bits per heavy atom. The van der Waals surface area contributed by atoms with E-state index in [4.69, 9.17) is 0 Å². The van der Waals surface area contributed by atoms with Crippen LogP contribution in [0.25, 0.3) is 0 Å². The van der Waals surface area contributed by atoms with Gasteiger partial charge in [-0.05, 0) is 44.2 Å². The van der Waals surface area contributed by atoms with Crippen molar-refractivity contribution in [3.63, 3.8) is 0 Å². The van der Waals surface area contributed by atoms with Crippen LogP contribution in [0, 0.1) is 11.8 Å². The lowest BCUT2D eigenvalue weighted by Gasteiger charge is -2.24. The third kappa shape index (κ3) is 2.97. The summed E-state index contributed by atoms with van der Waals surface area (Å²) in [5.74, 6) is 1.35.